The molecular formula is C14H22N2O2. The molecule has 100 valence electrons. The first-order valence-electron chi connectivity index (χ1n) is 6.17. The zero-order valence-corrected chi connectivity index (χ0v) is 11.3. The maximum absolute atomic E-state index is 11.9. The Kier molecular flexibility index (Phi) is 5.16. The fraction of sp³-hybridized carbons (Fsp3) is 0.500. The number of rotatable bonds is 5. The smallest absolute Gasteiger partial charge is 0.224 e. The molecule has 0 saturated carbocycles. The van der Waals surface area contributed by atoms with Crippen LogP contribution >= 0.6 is 0 Å². The molecule has 1 rings (SSSR count). The van der Waals surface area contributed by atoms with E-state index in [-0.39, 0.29) is 17.7 Å². The van der Waals surface area contributed by atoms with Crippen LogP contribution in [-0.2, 0) is 11.3 Å². The van der Waals surface area contributed by atoms with E-state index in [4.69, 9.17) is 5.73 Å². The zero-order chi connectivity index (χ0) is 13.7. The summed E-state index contributed by atoms with van der Waals surface area (Å²) in [4.78, 5) is 13.6. The van der Waals surface area contributed by atoms with Crippen LogP contribution in [0, 0.1) is 5.92 Å². The van der Waals surface area contributed by atoms with Crippen LogP contribution in [0.25, 0.3) is 0 Å². The second-order valence-corrected chi connectivity index (χ2v) is 5.03. The van der Waals surface area contributed by atoms with Gasteiger partial charge >= 0.3 is 0 Å². The van der Waals surface area contributed by atoms with Crippen molar-refractivity contribution in [3.63, 3.8) is 0 Å². The summed E-state index contributed by atoms with van der Waals surface area (Å²) in [6.45, 7) is 4.50. The van der Waals surface area contributed by atoms with Gasteiger partial charge in [-0.2, -0.15) is 0 Å². The predicted octanol–water partition coefficient (Wildman–Crippen LogP) is 1.72. The van der Waals surface area contributed by atoms with E-state index >= 15 is 0 Å². The third-order valence-corrected chi connectivity index (χ3v) is 3.02. The molecule has 4 nitrogen and oxygen atoms in total. The number of phenolic OH excluding ortho intramolecular Hbond substituents is 1. The Labute approximate surface area is 108 Å². The van der Waals surface area contributed by atoms with Crippen LogP contribution in [0.1, 0.15) is 25.8 Å². The lowest BCUT2D eigenvalue weighted by atomic mass is 10.0. The molecule has 0 aliphatic rings. The van der Waals surface area contributed by atoms with Crippen molar-refractivity contribution in [2.45, 2.75) is 32.9 Å². The highest BCUT2D eigenvalue weighted by atomic mass is 16.3. The van der Waals surface area contributed by atoms with Crippen LogP contribution in [0.3, 0.4) is 0 Å². The number of nitrogens with zero attached hydrogens (tertiary/aromatic N) is 1. The van der Waals surface area contributed by atoms with E-state index in [1.54, 1.807) is 30.1 Å². The molecule has 3 N–H and O–H groups in total. The Hall–Kier alpha value is -1.55. The van der Waals surface area contributed by atoms with Gasteiger partial charge in [-0.15, -0.1) is 0 Å². The van der Waals surface area contributed by atoms with Gasteiger partial charge in [0, 0.05) is 26.1 Å². The molecule has 1 aromatic carbocycles. The van der Waals surface area contributed by atoms with E-state index in [2.05, 4.69) is 0 Å². The van der Waals surface area contributed by atoms with Crippen LogP contribution in [0.5, 0.6) is 5.75 Å². The van der Waals surface area contributed by atoms with Crippen molar-refractivity contribution in [3.8, 4) is 5.75 Å². The van der Waals surface area contributed by atoms with E-state index in [0.717, 1.165) is 5.56 Å². The molecule has 1 aromatic rings. The molecule has 0 aromatic heterocycles. The molecule has 18 heavy (non-hydrogen) atoms. The second kappa shape index (κ2) is 6.40. The van der Waals surface area contributed by atoms with Crippen molar-refractivity contribution in [1.29, 1.82) is 0 Å². The van der Waals surface area contributed by atoms with Crippen molar-refractivity contribution in [3.05, 3.63) is 29.8 Å². The number of benzene rings is 1. The molecule has 1 unspecified atom stereocenters. The molecule has 0 fully saturated rings. The van der Waals surface area contributed by atoms with E-state index < -0.39 is 0 Å². The largest absolute Gasteiger partial charge is 0.508 e. The number of hydrogen-bond donors (Lipinski definition) is 2. The fourth-order valence-electron chi connectivity index (χ4n) is 1.61. The highest BCUT2D eigenvalue weighted by molar-refractivity contribution is 5.76. The quantitative estimate of drug-likeness (QED) is 0.836. The number of nitrogens with two attached hydrogens (primary N) is 1. The molecule has 1 atom stereocenters. The van der Waals surface area contributed by atoms with Crippen molar-refractivity contribution in [1.82, 2.24) is 4.90 Å². The number of amides is 1. The normalized spacial score (nSPS) is 12.5. The Morgan fingerprint density at radius 3 is 2.67 bits per heavy atom. The van der Waals surface area contributed by atoms with Gasteiger partial charge in [-0.05, 0) is 23.6 Å². The number of aromatic hydroxyl groups is 1. The molecule has 0 aliphatic heterocycles. The second-order valence-electron chi connectivity index (χ2n) is 5.03. The van der Waals surface area contributed by atoms with Gasteiger partial charge < -0.3 is 15.7 Å². The minimum atomic E-state index is -0.107. The first kappa shape index (κ1) is 14.5. The van der Waals surface area contributed by atoms with E-state index in [9.17, 15) is 9.90 Å². The molecule has 0 radical (unpaired) electrons. The number of hydrogen-bond acceptors (Lipinski definition) is 3. The third-order valence-electron chi connectivity index (χ3n) is 3.02. The van der Waals surface area contributed by atoms with E-state index in [1.807, 2.05) is 19.9 Å². The summed E-state index contributed by atoms with van der Waals surface area (Å²) in [6, 6.07) is 6.81. The lowest BCUT2D eigenvalue weighted by Crippen LogP contribution is -2.35. The van der Waals surface area contributed by atoms with Gasteiger partial charge in [0.25, 0.3) is 0 Å². The topological polar surface area (TPSA) is 66.6 Å². The lowest BCUT2D eigenvalue weighted by Gasteiger charge is -2.21. The molecular weight excluding hydrogens is 228 g/mol. The summed E-state index contributed by atoms with van der Waals surface area (Å²) in [5, 5.41) is 9.36. The fourth-order valence-corrected chi connectivity index (χ4v) is 1.61. The molecule has 4 heteroatoms. The molecule has 0 spiro atoms. The first-order chi connectivity index (χ1) is 8.40. The van der Waals surface area contributed by atoms with Crippen LogP contribution in [-0.4, -0.2) is 29.0 Å². The summed E-state index contributed by atoms with van der Waals surface area (Å²) in [5.74, 6) is 0.537. The van der Waals surface area contributed by atoms with Crippen molar-refractivity contribution in [2.75, 3.05) is 7.05 Å². The van der Waals surface area contributed by atoms with Gasteiger partial charge in [-0.3, -0.25) is 4.79 Å². The minimum absolute atomic E-state index is 0.0274. The van der Waals surface area contributed by atoms with Crippen LogP contribution in [0.15, 0.2) is 24.3 Å². The number of carbonyl (C=O) groups is 1. The lowest BCUT2D eigenvalue weighted by molar-refractivity contribution is -0.131. The van der Waals surface area contributed by atoms with Gasteiger partial charge in [0.15, 0.2) is 0 Å². The van der Waals surface area contributed by atoms with Gasteiger partial charge in [0.2, 0.25) is 5.91 Å². The summed E-state index contributed by atoms with van der Waals surface area (Å²) >= 11 is 0. The van der Waals surface area contributed by atoms with E-state index in [1.165, 1.54) is 0 Å². The molecule has 0 bridgehead atoms. The van der Waals surface area contributed by atoms with Crippen molar-refractivity contribution >= 4 is 5.91 Å². The Morgan fingerprint density at radius 2 is 2.11 bits per heavy atom. The maximum atomic E-state index is 11.9. The SMILES string of the molecule is CC(C)C(N)CC(=O)N(C)Cc1cccc(O)c1. The zero-order valence-electron chi connectivity index (χ0n) is 11.3. The Balaban J connectivity index is 2.55. The summed E-state index contributed by atoms with van der Waals surface area (Å²) in [7, 11) is 1.75. The summed E-state index contributed by atoms with van der Waals surface area (Å²) < 4.78 is 0. The number of carbonyl (C=O) groups excluding carboxylic acids is 1. The van der Waals surface area contributed by atoms with E-state index in [0.29, 0.717) is 18.9 Å². The monoisotopic (exact) mass is 250 g/mol. The van der Waals surface area contributed by atoms with Gasteiger partial charge in [0.1, 0.15) is 5.75 Å². The Bertz CT molecular complexity index is 405. The molecule has 0 saturated heterocycles. The Morgan fingerprint density at radius 1 is 1.44 bits per heavy atom. The minimum Gasteiger partial charge on any atom is -0.508 e. The average Bonchev–Trinajstić information content (AvgIpc) is 2.28. The van der Waals surface area contributed by atoms with Crippen molar-refractivity contribution < 1.29 is 9.90 Å². The van der Waals surface area contributed by atoms with Crippen LogP contribution < -0.4 is 5.73 Å². The molecule has 0 heterocycles. The van der Waals surface area contributed by atoms with Crippen LogP contribution in [0.4, 0.5) is 0 Å². The highest BCUT2D eigenvalue weighted by Crippen LogP contribution is 2.13. The predicted molar refractivity (Wildman–Crippen MR) is 72.0 cm³/mol. The average molecular weight is 250 g/mol. The van der Waals surface area contributed by atoms with Gasteiger partial charge in [-0.25, -0.2) is 0 Å². The van der Waals surface area contributed by atoms with Crippen molar-refractivity contribution in [2.24, 2.45) is 11.7 Å². The summed E-state index contributed by atoms with van der Waals surface area (Å²) in [6.07, 6.45) is 0.354. The van der Waals surface area contributed by atoms with Gasteiger partial charge in [0.05, 0.1) is 0 Å². The third kappa shape index (κ3) is 4.37. The highest BCUT2D eigenvalue weighted by Gasteiger charge is 2.16. The van der Waals surface area contributed by atoms with Crippen LogP contribution in [0.2, 0.25) is 0 Å². The standard InChI is InChI=1S/C14H22N2O2/c1-10(2)13(15)8-14(18)16(3)9-11-5-4-6-12(17)7-11/h4-7,10,13,17H,8-9,15H2,1-3H3. The van der Waals surface area contributed by atoms with Gasteiger partial charge in [-0.1, -0.05) is 26.0 Å². The molecule has 1 amide bonds. The summed E-state index contributed by atoms with van der Waals surface area (Å²) in [5.41, 5.74) is 6.79. The first-order valence-corrected chi connectivity index (χ1v) is 6.17. The molecule has 0 aliphatic carbocycles. The maximum Gasteiger partial charge on any atom is 0.224 e. The number of phenols is 1.